The van der Waals surface area contributed by atoms with Crippen LogP contribution in [0.2, 0.25) is 6.82 Å². The van der Waals surface area contributed by atoms with Crippen LogP contribution in [0.5, 0.6) is 0 Å². The van der Waals surface area contributed by atoms with E-state index in [1.54, 1.807) is 42.8 Å². The maximum Gasteiger partial charge on any atom is 0.376 e. The molecule has 166 valence electrons. The lowest BCUT2D eigenvalue weighted by Crippen LogP contribution is -2.51. The summed E-state index contributed by atoms with van der Waals surface area (Å²) < 4.78 is 1.15. The van der Waals surface area contributed by atoms with E-state index in [0.29, 0.717) is 17.2 Å². The van der Waals surface area contributed by atoms with Crippen molar-refractivity contribution >= 4 is 45.8 Å². The summed E-state index contributed by atoms with van der Waals surface area (Å²) in [5, 5.41) is 15.9. The maximum atomic E-state index is 13.1. The summed E-state index contributed by atoms with van der Waals surface area (Å²) >= 11 is 1.66. The number of thiophene rings is 1. The number of pyridine rings is 1. The average molecular weight is 458 g/mol. The summed E-state index contributed by atoms with van der Waals surface area (Å²) in [6, 6.07) is 11.6. The number of aromatic nitrogens is 3. The molecule has 3 aromatic heterocycles. The van der Waals surface area contributed by atoms with E-state index in [1.165, 1.54) is 0 Å². The molecule has 0 radical (unpaired) electrons. The molecule has 10 heteroatoms. The van der Waals surface area contributed by atoms with Gasteiger partial charge in [0.1, 0.15) is 5.69 Å². The number of benzene rings is 1. The SMILES string of the molecule is CB(O)N1CCN(c2ccncc2NC(=O)c2ccnc(-c3cccc4sccc34)n2)CC1. The van der Waals surface area contributed by atoms with Gasteiger partial charge in [-0.15, -0.1) is 11.3 Å². The minimum absolute atomic E-state index is 0.293. The zero-order valence-corrected chi connectivity index (χ0v) is 19.0. The molecule has 2 N–H and O–H groups in total. The molecule has 0 spiro atoms. The molecule has 0 atom stereocenters. The van der Waals surface area contributed by atoms with Gasteiger partial charge in [0.25, 0.3) is 5.91 Å². The minimum Gasteiger partial charge on any atom is -0.437 e. The van der Waals surface area contributed by atoms with Crippen LogP contribution in [-0.4, -0.2) is 63.9 Å². The zero-order valence-electron chi connectivity index (χ0n) is 18.2. The summed E-state index contributed by atoms with van der Waals surface area (Å²) in [4.78, 5) is 30.5. The van der Waals surface area contributed by atoms with E-state index in [4.69, 9.17) is 0 Å². The van der Waals surface area contributed by atoms with Gasteiger partial charge in [0.15, 0.2) is 5.82 Å². The van der Waals surface area contributed by atoms with Gasteiger partial charge in [-0.05, 0) is 36.5 Å². The van der Waals surface area contributed by atoms with Crippen molar-refractivity contribution in [2.24, 2.45) is 0 Å². The van der Waals surface area contributed by atoms with Gasteiger partial charge in [-0.2, -0.15) is 0 Å². The summed E-state index contributed by atoms with van der Waals surface area (Å²) in [5.41, 5.74) is 2.73. The van der Waals surface area contributed by atoms with Gasteiger partial charge in [-0.3, -0.25) is 9.78 Å². The van der Waals surface area contributed by atoms with Crippen molar-refractivity contribution < 1.29 is 9.82 Å². The third kappa shape index (κ3) is 4.45. The monoisotopic (exact) mass is 458 g/mol. The predicted octanol–water partition coefficient (Wildman–Crippen LogP) is 3.24. The summed E-state index contributed by atoms with van der Waals surface area (Å²) in [5.74, 6) is 0.209. The quantitative estimate of drug-likeness (QED) is 0.444. The fourth-order valence-electron chi connectivity index (χ4n) is 4.09. The van der Waals surface area contributed by atoms with Crippen LogP contribution in [0, 0.1) is 0 Å². The fourth-order valence-corrected chi connectivity index (χ4v) is 4.90. The number of amides is 1. The maximum absolute atomic E-state index is 13.1. The Morgan fingerprint density at radius 3 is 2.79 bits per heavy atom. The lowest BCUT2D eigenvalue weighted by atomic mass is 9.84. The van der Waals surface area contributed by atoms with Gasteiger partial charge >= 0.3 is 7.05 Å². The van der Waals surface area contributed by atoms with E-state index >= 15 is 0 Å². The van der Waals surface area contributed by atoms with Crippen LogP contribution in [-0.2, 0) is 0 Å². The Morgan fingerprint density at radius 2 is 1.97 bits per heavy atom. The molecule has 8 nitrogen and oxygen atoms in total. The topological polar surface area (TPSA) is 94.5 Å². The van der Waals surface area contributed by atoms with Crippen molar-refractivity contribution in [3.8, 4) is 11.4 Å². The molecule has 1 saturated heterocycles. The molecule has 1 aromatic carbocycles. The highest BCUT2D eigenvalue weighted by atomic mass is 32.1. The number of hydrogen-bond donors (Lipinski definition) is 2. The first kappa shape index (κ1) is 21.5. The number of piperazine rings is 1. The molecule has 1 amide bonds. The van der Waals surface area contributed by atoms with Crippen molar-refractivity contribution in [2.45, 2.75) is 6.82 Å². The van der Waals surface area contributed by atoms with Crippen molar-refractivity contribution in [3.63, 3.8) is 0 Å². The number of nitrogens with zero attached hydrogens (tertiary/aromatic N) is 5. The minimum atomic E-state index is -0.462. The van der Waals surface area contributed by atoms with Crippen LogP contribution in [0.4, 0.5) is 11.4 Å². The summed E-state index contributed by atoms with van der Waals surface area (Å²) in [6.07, 6.45) is 4.99. The van der Waals surface area contributed by atoms with Crippen LogP contribution in [0.15, 0.2) is 60.4 Å². The van der Waals surface area contributed by atoms with Gasteiger partial charge < -0.3 is 20.1 Å². The smallest absolute Gasteiger partial charge is 0.376 e. The lowest BCUT2D eigenvalue weighted by molar-refractivity contribution is 0.102. The molecule has 5 rings (SSSR count). The van der Waals surface area contributed by atoms with E-state index in [9.17, 15) is 9.82 Å². The molecule has 0 saturated carbocycles. The first-order valence-corrected chi connectivity index (χ1v) is 11.7. The molecule has 4 aromatic rings. The van der Waals surface area contributed by atoms with E-state index < -0.39 is 7.05 Å². The highest BCUT2D eigenvalue weighted by Crippen LogP contribution is 2.30. The molecule has 1 fully saturated rings. The van der Waals surface area contributed by atoms with E-state index in [-0.39, 0.29) is 5.91 Å². The Balaban J connectivity index is 1.37. The van der Waals surface area contributed by atoms with Gasteiger partial charge in [-0.25, -0.2) is 9.97 Å². The van der Waals surface area contributed by atoms with Gasteiger partial charge in [0.05, 0.1) is 17.6 Å². The van der Waals surface area contributed by atoms with Gasteiger partial charge in [0, 0.05) is 54.2 Å². The number of carbonyl (C=O) groups excluding carboxylic acids is 1. The predicted molar refractivity (Wildman–Crippen MR) is 133 cm³/mol. The second kappa shape index (κ2) is 9.26. The van der Waals surface area contributed by atoms with Crippen molar-refractivity contribution in [1.82, 2.24) is 19.8 Å². The molecule has 1 aliphatic rings. The Labute approximate surface area is 196 Å². The van der Waals surface area contributed by atoms with Crippen LogP contribution in [0.25, 0.3) is 21.5 Å². The molecule has 0 bridgehead atoms. The van der Waals surface area contributed by atoms with Crippen molar-refractivity contribution in [2.75, 3.05) is 36.4 Å². The second-order valence-electron chi connectivity index (χ2n) is 7.91. The first-order valence-electron chi connectivity index (χ1n) is 10.8. The first-order chi connectivity index (χ1) is 16.1. The molecule has 33 heavy (non-hydrogen) atoms. The Hall–Kier alpha value is -3.34. The number of rotatable bonds is 5. The van der Waals surface area contributed by atoms with Crippen LogP contribution >= 0.6 is 11.3 Å². The average Bonchev–Trinajstić information content (AvgIpc) is 3.34. The Kier molecular flexibility index (Phi) is 6.04. The molecule has 0 aliphatic carbocycles. The second-order valence-corrected chi connectivity index (χ2v) is 8.85. The van der Waals surface area contributed by atoms with Crippen molar-refractivity contribution in [3.05, 3.63) is 66.1 Å². The van der Waals surface area contributed by atoms with Gasteiger partial charge in [0.2, 0.25) is 0 Å². The molecule has 1 aliphatic heterocycles. The number of nitrogens with one attached hydrogen (secondary N) is 1. The highest BCUT2D eigenvalue weighted by molar-refractivity contribution is 7.17. The van der Waals surface area contributed by atoms with E-state index in [2.05, 4.69) is 31.2 Å². The fraction of sp³-hybridized carbons (Fsp3) is 0.217. The standard InChI is InChI=1S/C23H23BN6O2S/c1-24(32)30-12-10-29(11-13-30)20-6-8-25-15-19(20)28-23(31)18-5-9-26-22(27-18)17-3-2-4-21-16(17)7-14-33-21/h2-9,14-15,32H,10-13H2,1H3,(H,28,31). The molecular weight excluding hydrogens is 435 g/mol. The third-order valence-electron chi connectivity index (χ3n) is 5.85. The third-order valence-corrected chi connectivity index (χ3v) is 6.74. The van der Waals surface area contributed by atoms with Crippen LogP contribution in [0.3, 0.4) is 0 Å². The van der Waals surface area contributed by atoms with Crippen LogP contribution < -0.4 is 10.2 Å². The Morgan fingerprint density at radius 1 is 1.12 bits per heavy atom. The van der Waals surface area contributed by atoms with Crippen LogP contribution in [0.1, 0.15) is 10.5 Å². The number of fused-ring (bicyclic) bond motifs is 1. The zero-order chi connectivity index (χ0) is 22.8. The van der Waals surface area contributed by atoms with Gasteiger partial charge in [-0.1, -0.05) is 12.1 Å². The normalized spacial score (nSPS) is 14.4. The Bertz CT molecular complexity index is 1290. The molecule has 4 heterocycles. The number of hydrogen-bond acceptors (Lipinski definition) is 8. The summed E-state index contributed by atoms with van der Waals surface area (Å²) in [6.45, 7) is 4.77. The van der Waals surface area contributed by atoms with E-state index in [1.807, 2.05) is 34.5 Å². The largest absolute Gasteiger partial charge is 0.437 e. The number of carbonyl (C=O) groups is 1. The van der Waals surface area contributed by atoms with E-state index in [0.717, 1.165) is 47.5 Å². The van der Waals surface area contributed by atoms with Crippen molar-refractivity contribution in [1.29, 1.82) is 0 Å². The highest BCUT2D eigenvalue weighted by Gasteiger charge is 2.24. The summed E-state index contributed by atoms with van der Waals surface area (Å²) in [7, 11) is -0.462. The molecule has 0 unspecified atom stereocenters. The lowest BCUT2D eigenvalue weighted by Gasteiger charge is -2.37. The molecular formula is C23H23BN6O2S. The number of anilines is 2.